The van der Waals surface area contributed by atoms with Crippen molar-refractivity contribution in [2.24, 2.45) is 5.92 Å². The van der Waals surface area contributed by atoms with Crippen molar-refractivity contribution in [3.8, 4) is 16.3 Å². The third kappa shape index (κ3) is 3.64. The van der Waals surface area contributed by atoms with Gasteiger partial charge in [0, 0.05) is 10.5 Å². The number of rotatable bonds is 7. The molecular formula is C18H21NO4S. The van der Waals surface area contributed by atoms with Crippen LogP contribution in [0.25, 0.3) is 10.6 Å². The molecule has 0 fully saturated rings. The summed E-state index contributed by atoms with van der Waals surface area (Å²) in [6.45, 7) is 8.18. The average Bonchev–Trinajstić information content (AvgIpc) is 2.89. The lowest BCUT2D eigenvalue weighted by Gasteiger charge is -2.10. The molecule has 0 aliphatic heterocycles. The third-order valence-electron chi connectivity index (χ3n) is 3.51. The number of carboxylic acid groups (broad SMARTS) is 1. The summed E-state index contributed by atoms with van der Waals surface area (Å²) in [4.78, 5) is 27.4. The Kier molecular flexibility index (Phi) is 5.72. The van der Waals surface area contributed by atoms with Crippen LogP contribution in [0, 0.1) is 12.8 Å². The van der Waals surface area contributed by atoms with Crippen LogP contribution in [0.5, 0.6) is 5.75 Å². The summed E-state index contributed by atoms with van der Waals surface area (Å²) in [7, 11) is -0.638. The summed E-state index contributed by atoms with van der Waals surface area (Å²) in [5.74, 6) is 0.333. The van der Waals surface area contributed by atoms with E-state index in [-0.39, 0.29) is 4.88 Å². The fraction of sp³-hybridized carbons (Fsp3) is 0.389. The van der Waals surface area contributed by atoms with Crippen LogP contribution in [0.2, 0.25) is 0 Å². The normalized spacial score (nSPS) is 11.6. The quantitative estimate of drug-likeness (QED) is 0.568. The standard InChI is InChI=1S/C18H21NO4S/c1-5-24-16(18(21)22)12(4)19-17(24)13-6-7-15(14(8-13)9-20)23-10-11(2)3/h6-9,11H,5,10H2,1-4H3. The molecule has 0 saturated carbocycles. The lowest BCUT2D eigenvalue weighted by atomic mass is 10.1. The molecule has 1 atom stereocenters. The maximum atomic E-state index is 11.4. The Balaban J connectivity index is 2.48. The Bertz CT molecular complexity index is 765. The molecule has 2 rings (SSSR count). The fourth-order valence-electron chi connectivity index (χ4n) is 2.43. The molecule has 2 aromatic rings. The van der Waals surface area contributed by atoms with Crippen molar-refractivity contribution in [1.82, 2.24) is 4.98 Å². The SMILES string of the molecule is CC[s+]1c(-c2ccc(OCC(C)C)c(C=O)c2)nc(C)c1C(=O)[O-]. The first-order valence-corrected chi connectivity index (χ1v) is 9.22. The zero-order chi connectivity index (χ0) is 17.9. The summed E-state index contributed by atoms with van der Waals surface area (Å²) in [5.41, 5.74) is 1.66. The number of aryl methyl sites for hydroxylation is 1. The molecule has 0 spiro atoms. The minimum absolute atomic E-state index is 0.250. The predicted octanol–water partition coefficient (Wildman–Crippen LogP) is 3.04. The van der Waals surface area contributed by atoms with Gasteiger partial charge in [-0.05, 0) is 38.0 Å². The Hall–Kier alpha value is -2.21. The zero-order valence-electron chi connectivity index (χ0n) is 14.3. The van der Waals surface area contributed by atoms with E-state index in [1.165, 1.54) is 0 Å². The molecule has 6 heteroatoms. The van der Waals surface area contributed by atoms with Crippen molar-refractivity contribution in [1.29, 1.82) is 0 Å². The van der Waals surface area contributed by atoms with E-state index in [0.717, 1.165) is 11.8 Å². The highest BCUT2D eigenvalue weighted by molar-refractivity contribution is 7.35. The van der Waals surface area contributed by atoms with E-state index in [9.17, 15) is 14.7 Å². The molecule has 0 amide bonds. The van der Waals surface area contributed by atoms with Crippen LogP contribution in [-0.4, -0.2) is 23.8 Å². The number of carbonyl (C=O) groups excluding carboxylic acids is 2. The highest BCUT2D eigenvalue weighted by Gasteiger charge is 2.27. The minimum atomic E-state index is -1.18. The van der Waals surface area contributed by atoms with E-state index < -0.39 is 16.4 Å². The van der Waals surface area contributed by atoms with Crippen LogP contribution in [0.15, 0.2) is 18.2 Å². The summed E-state index contributed by atoms with van der Waals surface area (Å²) < 4.78 is 5.66. The van der Waals surface area contributed by atoms with E-state index in [2.05, 4.69) is 4.98 Å². The number of carbonyl (C=O) groups is 2. The van der Waals surface area contributed by atoms with Gasteiger partial charge in [0.1, 0.15) is 23.2 Å². The van der Waals surface area contributed by atoms with Crippen LogP contribution < -0.4 is 9.84 Å². The van der Waals surface area contributed by atoms with Crippen molar-refractivity contribution >= 4 is 22.7 Å². The first-order chi connectivity index (χ1) is 11.4. The number of carboxylic acids is 1. The van der Waals surface area contributed by atoms with Crippen LogP contribution in [0.1, 0.15) is 46.5 Å². The maximum Gasteiger partial charge on any atom is 0.274 e. The predicted molar refractivity (Wildman–Crippen MR) is 92.6 cm³/mol. The lowest BCUT2D eigenvalue weighted by molar-refractivity contribution is -0.254. The molecule has 1 heterocycles. The Morgan fingerprint density at radius 1 is 1.42 bits per heavy atom. The number of aldehydes is 1. The molecule has 0 bridgehead atoms. The molecule has 1 unspecified atom stereocenters. The van der Waals surface area contributed by atoms with E-state index >= 15 is 0 Å². The van der Waals surface area contributed by atoms with Crippen molar-refractivity contribution in [3.63, 3.8) is 0 Å². The van der Waals surface area contributed by atoms with Gasteiger partial charge in [-0.25, -0.2) is 0 Å². The number of benzene rings is 1. The number of ether oxygens (including phenoxy) is 1. The van der Waals surface area contributed by atoms with E-state index in [0.29, 0.717) is 40.3 Å². The van der Waals surface area contributed by atoms with Crippen molar-refractivity contribution in [2.75, 3.05) is 6.61 Å². The summed E-state index contributed by atoms with van der Waals surface area (Å²) in [6, 6.07) is 5.28. The van der Waals surface area contributed by atoms with E-state index in [4.69, 9.17) is 4.74 Å². The Morgan fingerprint density at radius 3 is 2.67 bits per heavy atom. The number of aromatic carboxylic acids is 1. The number of nitrogens with zero attached hydrogens (tertiary/aromatic N) is 1. The van der Waals surface area contributed by atoms with E-state index in [1.54, 1.807) is 19.1 Å². The summed E-state index contributed by atoms with van der Waals surface area (Å²) >= 11 is 0. The van der Waals surface area contributed by atoms with Gasteiger partial charge in [-0.3, -0.25) is 4.79 Å². The molecule has 1 aromatic heterocycles. The molecule has 0 aliphatic carbocycles. The van der Waals surface area contributed by atoms with Gasteiger partial charge in [0.25, 0.3) is 5.01 Å². The monoisotopic (exact) mass is 347 g/mol. The molecular weight excluding hydrogens is 326 g/mol. The average molecular weight is 347 g/mol. The summed E-state index contributed by atoms with van der Waals surface area (Å²) in [5, 5.41) is 12.1. The van der Waals surface area contributed by atoms with Crippen LogP contribution >= 0.6 is 10.5 Å². The fourth-order valence-corrected chi connectivity index (χ4v) is 4.45. The molecule has 128 valence electrons. The van der Waals surface area contributed by atoms with Gasteiger partial charge >= 0.3 is 0 Å². The largest absolute Gasteiger partial charge is 0.540 e. The van der Waals surface area contributed by atoms with Gasteiger partial charge in [-0.2, -0.15) is 4.98 Å². The van der Waals surface area contributed by atoms with Crippen molar-refractivity contribution in [2.45, 2.75) is 33.4 Å². The van der Waals surface area contributed by atoms with Crippen molar-refractivity contribution < 1.29 is 19.4 Å². The molecule has 0 radical (unpaired) electrons. The smallest absolute Gasteiger partial charge is 0.274 e. The Labute approximate surface area is 144 Å². The molecule has 0 N–H and O–H groups in total. The van der Waals surface area contributed by atoms with Crippen molar-refractivity contribution in [3.05, 3.63) is 34.3 Å². The topological polar surface area (TPSA) is 79.3 Å². The second-order valence-corrected chi connectivity index (χ2v) is 8.03. The number of thiazole rings is 1. The van der Waals surface area contributed by atoms with Gasteiger partial charge in [0.2, 0.25) is 4.88 Å². The third-order valence-corrected chi connectivity index (χ3v) is 5.83. The van der Waals surface area contributed by atoms with Gasteiger partial charge in [-0.1, -0.05) is 13.8 Å². The Morgan fingerprint density at radius 2 is 2.12 bits per heavy atom. The molecule has 1 aromatic carbocycles. The van der Waals surface area contributed by atoms with Gasteiger partial charge in [0.05, 0.1) is 17.7 Å². The maximum absolute atomic E-state index is 11.4. The van der Waals surface area contributed by atoms with E-state index in [1.807, 2.05) is 26.8 Å². The summed E-state index contributed by atoms with van der Waals surface area (Å²) in [6.07, 6.45) is 0.749. The molecule has 5 nitrogen and oxygen atoms in total. The second-order valence-electron chi connectivity index (χ2n) is 5.87. The first kappa shape index (κ1) is 18.1. The molecule has 0 saturated heterocycles. The van der Waals surface area contributed by atoms with Gasteiger partial charge < -0.3 is 14.6 Å². The number of hydrogen-bond acceptors (Lipinski definition) is 5. The highest BCUT2D eigenvalue weighted by atomic mass is 32.2. The molecule has 0 aliphatic rings. The van der Waals surface area contributed by atoms with Crippen LogP contribution in [0.3, 0.4) is 0 Å². The first-order valence-electron chi connectivity index (χ1n) is 7.83. The van der Waals surface area contributed by atoms with Crippen LogP contribution in [0.4, 0.5) is 0 Å². The highest BCUT2D eigenvalue weighted by Crippen LogP contribution is 2.40. The van der Waals surface area contributed by atoms with Crippen LogP contribution in [-0.2, 0) is 5.75 Å². The second kappa shape index (κ2) is 7.57. The number of aromatic nitrogens is 1. The van der Waals surface area contributed by atoms with Gasteiger partial charge in [-0.15, -0.1) is 0 Å². The minimum Gasteiger partial charge on any atom is -0.540 e. The zero-order valence-corrected chi connectivity index (χ0v) is 15.1. The number of hydrogen-bond donors (Lipinski definition) is 0. The molecule has 24 heavy (non-hydrogen) atoms. The lowest BCUT2D eigenvalue weighted by Crippen LogP contribution is -2.22. The van der Waals surface area contributed by atoms with Gasteiger partial charge in [0.15, 0.2) is 6.29 Å².